The third-order valence-corrected chi connectivity index (χ3v) is 3.55. The maximum Gasteiger partial charge on any atom is 0.273 e. The van der Waals surface area contributed by atoms with Crippen molar-refractivity contribution in [2.45, 2.75) is 24.9 Å². The lowest BCUT2D eigenvalue weighted by Crippen LogP contribution is -2.56. The van der Waals surface area contributed by atoms with Gasteiger partial charge in [-0.15, -0.1) is 0 Å². The fourth-order valence-electron chi connectivity index (χ4n) is 2.26. The van der Waals surface area contributed by atoms with Gasteiger partial charge in [0, 0.05) is 12.6 Å². The molecule has 7 heteroatoms. The zero-order valence-corrected chi connectivity index (χ0v) is 11.4. The summed E-state index contributed by atoms with van der Waals surface area (Å²) in [6.07, 6.45) is 1.94. The standard InChI is InChI=1S/C14H16FN3O3/c15-12-3-1-2-10(17-12)14(20)18-6-7-21-8-11(18)13(19)16-9-4-5-9/h1-3,9,11H,4-8H2,(H,16,19). The lowest BCUT2D eigenvalue weighted by molar-refractivity contribution is -0.130. The SMILES string of the molecule is O=C(NC1CC1)C1COCCN1C(=O)c1cccc(F)n1. The van der Waals surface area contributed by atoms with Crippen molar-refractivity contribution >= 4 is 11.8 Å². The van der Waals surface area contributed by atoms with Crippen LogP contribution in [0.15, 0.2) is 18.2 Å². The minimum Gasteiger partial charge on any atom is -0.377 e. The number of nitrogens with one attached hydrogen (secondary N) is 1. The molecule has 2 aliphatic rings. The van der Waals surface area contributed by atoms with E-state index >= 15 is 0 Å². The second kappa shape index (κ2) is 5.77. The fraction of sp³-hybridized carbons (Fsp3) is 0.500. The first kappa shape index (κ1) is 13.9. The van der Waals surface area contributed by atoms with Crippen LogP contribution in [0.1, 0.15) is 23.3 Å². The van der Waals surface area contributed by atoms with E-state index in [1.807, 2.05) is 0 Å². The molecule has 0 aromatic carbocycles. The summed E-state index contributed by atoms with van der Waals surface area (Å²) in [5, 5.41) is 2.86. The van der Waals surface area contributed by atoms with Gasteiger partial charge in [-0.1, -0.05) is 6.07 Å². The van der Waals surface area contributed by atoms with Gasteiger partial charge < -0.3 is 15.0 Å². The van der Waals surface area contributed by atoms with Gasteiger partial charge in [-0.25, -0.2) is 4.98 Å². The first-order chi connectivity index (χ1) is 10.1. The maximum absolute atomic E-state index is 13.1. The zero-order chi connectivity index (χ0) is 14.8. The number of carbonyl (C=O) groups is 2. The molecule has 0 spiro atoms. The summed E-state index contributed by atoms with van der Waals surface area (Å²) in [6.45, 7) is 0.799. The van der Waals surface area contributed by atoms with Gasteiger partial charge >= 0.3 is 0 Å². The molecule has 0 radical (unpaired) electrons. The Balaban J connectivity index is 1.76. The van der Waals surface area contributed by atoms with E-state index in [1.54, 1.807) is 0 Å². The smallest absolute Gasteiger partial charge is 0.273 e. The Morgan fingerprint density at radius 1 is 1.38 bits per heavy atom. The van der Waals surface area contributed by atoms with Crippen LogP contribution in [0.5, 0.6) is 0 Å². The number of morpholine rings is 1. The molecule has 1 unspecified atom stereocenters. The number of amides is 2. The number of rotatable bonds is 3. The Morgan fingerprint density at radius 3 is 2.90 bits per heavy atom. The average molecular weight is 293 g/mol. The van der Waals surface area contributed by atoms with Crippen LogP contribution in [0.25, 0.3) is 0 Å². The van der Waals surface area contributed by atoms with Crippen molar-refractivity contribution in [2.24, 2.45) is 0 Å². The molecule has 2 heterocycles. The van der Waals surface area contributed by atoms with Crippen molar-refractivity contribution in [2.75, 3.05) is 19.8 Å². The maximum atomic E-state index is 13.1. The van der Waals surface area contributed by atoms with Gasteiger partial charge in [-0.3, -0.25) is 9.59 Å². The fourth-order valence-corrected chi connectivity index (χ4v) is 2.26. The van der Waals surface area contributed by atoms with E-state index in [-0.39, 0.29) is 24.2 Å². The number of nitrogens with zero attached hydrogens (tertiary/aromatic N) is 2. The van der Waals surface area contributed by atoms with Crippen LogP contribution in [0.4, 0.5) is 4.39 Å². The zero-order valence-electron chi connectivity index (χ0n) is 11.4. The van der Waals surface area contributed by atoms with E-state index in [0.29, 0.717) is 13.2 Å². The molecule has 1 saturated heterocycles. The van der Waals surface area contributed by atoms with Crippen molar-refractivity contribution < 1.29 is 18.7 Å². The highest BCUT2D eigenvalue weighted by Gasteiger charge is 2.36. The predicted molar refractivity (Wildman–Crippen MR) is 71.0 cm³/mol. The van der Waals surface area contributed by atoms with Crippen molar-refractivity contribution in [3.63, 3.8) is 0 Å². The van der Waals surface area contributed by atoms with Crippen molar-refractivity contribution in [3.05, 3.63) is 29.8 Å². The van der Waals surface area contributed by atoms with Gasteiger partial charge in [0.2, 0.25) is 11.9 Å². The highest BCUT2D eigenvalue weighted by molar-refractivity contribution is 5.96. The normalized spacial score (nSPS) is 22.0. The summed E-state index contributed by atoms with van der Waals surface area (Å²) < 4.78 is 18.4. The molecule has 21 heavy (non-hydrogen) atoms. The molecule has 6 nitrogen and oxygen atoms in total. The van der Waals surface area contributed by atoms with E-state index in [4.69, 9.17) is 4.74 Å². The highest BCUT2D eigenvalue weighted by Crippen LogP contribution is 2.20. The van der Waals surface area contributed by atoms with E-state index in [2.05, 4.69) is 10.3 Å². The number of pyridine rings is 1. The number of carbonyl (C=O) groups excluding carboxylic acids is 2. The van der Waals surface area contributed by atoms with Crippen LogP contribution in [0.3, 0.4) is 0 Å². The number of hydrogen-bond acceptors (Lipinski definition) is 4. The highest BCUT2D eigenvalue weighted by atomic mass is 19.1. The van der Waals surface area contributed by atoms with Crippen LogP contribution in [-0.2, 0) is 9.53 Å². The molecule has 1 aromatic rings. The first-order valence-corrected chi connectivity index (χ1v) is 6.97. The number of hydrogen-bond donors (Lipinski definition) is 1. The first-order valence-electron chi connectivity index (χ1n) is 6.97. The molecule has 2 fully saturated rings. The molecule has 112 valence electrons. The third kappa shape index (κ3) is 3.18. The second-order valence-corrected chi connectivity index (χ2v) is 5.22. The summed E-state index contributed by atoms with van der Waals surface area (Å²) in [6, 6.07) is 3.57. The van der Waals surface area contributed by atoms with Crippen LogP contribution < -0.4 is 5.32 Å². The van der Waals surface area contributed by atoms with E-state index in [0.717, 1.165) is 12.8 Å². The predicted octanol–water partition coefficient (Wildman–Crippen LogP) is 0.340. The summed E-state index contributed by atoms with van der Waals surface area (Å²) in [5.41, 5.74) is 0.00104. The van der Waals surface area contributed by atoms with Crippen LogP contribution in [0, 0.1) is 5.95 Å². The summed E-state index contributed by atoms with van der Waals surface area (Å²) in [5.74, 6) is -1.39. The summed E-state index contributed by atoms with van der Waals surface area (Å²) in [4.78, 5) is 29.6. The third-order valence-electron chi connectivity index (χ3n) is 3.55. The lowest BCUT2D eigenvalue weighted by atomic mass is 10.2. The molecular weight excluding hydrogens is 277 g/mol. The Bertz CT molecular complexity index is 562. The largest absolute Gasteiger partial charge is 0.377 e. The van der Waals surface area contributed by atoms with Gasteiger partial charge in [-0.05, 0) is 25.0 Å². The van der Waals surface area contributed by atoms with Crippen molar-refractivity contribution in [1.82, 2.24) is 15.2 Å². The van der Waals surface area contributed by atoms with E-state index in [1.165, 1.54) is 23.1 Å². The molecule has 0 bridgehead atoms. The van der Waals surface area contributed by atoms with Gasteiger partial charge in [-0.2, -0.15) is 4.39 Å². The topological polar surface area (TPSA) is 71.5 Å². The molecule has 2 amide bonds. The number of halogens is 1. The number of ether oxygens (including phenoxy) is 1. The molecule has 1 aliphatic carbocycles. The van der Waals surface area contributed by atoms with E-state index < -0.39 is 17.9 Å². The second-order valence-electron chi connectivity index (χ2n) is 5.22. The molecular formula is C14H16FN3O3. The minimum atomic E-state index is -0.715. The van der Waals surface area contributed by atoms with E-state index in [9.17, 15) is 14.0 Å². The molecule has 1 aromatic heterocycles. The van der Waals surface area contributed by atoms with Gasteiger partial charge in [0.05, 0.1) is 13.2 Å². The van der Waals surface area contributed by atoms with Crippen LogP contribution in [-0.4, -0.2) is 53.5 Å². The molecule has 3 rings (SSSR count). The van der Waals surface area contributed by atoms with Crippen molar-refractivity contribution in [3.8, 4) is 0 Å². The Hall–Kier alpha value is -2.02. The average Bonchev–Trinajstić information content (AvgIpc) is 3.30. The minimum absolute atomic E-state index is 0.00104. The summed E-state index contributed by atoms with van der Waals surface area (Å²) >= 11 is 0. The Morgan fingerprint density at radius 2 is 2.19 bits per heavy atom. The number of aromatic nitrogens is 1. The molecule has 1 aliphatic heterocycles. The lowest BCUT2D eigenvalue weighted by Gasteiger charge is -2.34. The molecule has 1 N–H and O–H groups in total. The summed E-state index contributed by atoms with van der Waals surface area (Å²) in [7, 11) is 0. The van der Waals surface area contributed by atoms with Crippen LogP contribution >= 0.6 is 0 Å². The van der Waals surface area contributed by atoms with Crippen molar-refractivity contribution in [1.29, 1.82) is 0 Å². The molecule has 1 atom stereocenters. The van der Waals surface area contributed by atoms with Crippen LogP contribution in [0.2, 0.25) is 0 Å². The van der Waals surface area contributed by atoms with Gasteiger partial charge in [0.25, 0.3) is 5.91 Å². The Labute approximate surface area is 121 Å². The van der Waals surface area contributed by atoms with Gasteiger partial charge in [0.15, 0.2) is 0 Å². The molecule has 1 saturated carbocycles. The quantitative estimate of drug-likeness (QED) is 0.816. The van der Waals surface area contributed by atoms with Gasteiger partial charge in [0.1, 0.15) is 11.7 Å². The monoisotopic (exact) mass is 293 g/mol. The Kier molecular flexibility index (Phi) is 3.83.